The number of rotatable bonds is 7. The molecule has 0 saturated carbocycles. The highest BCUT2D eigenvalue weighted by atomic mass is 16.4. The van der Waals surface area contributed by atoms with E-state index in [2.05, 4.69) is 5.32 Å². The van der Waals surface area contributed by atoms with E-state index in [0.717, 1.165) is 37.1 Å². The molecular formula is C13H19NO3. The highest BCUT2D eigenvalue weighted by Crippen LogP contribution is 2.15. The van der Waals surface area contributed by atoms with Crippen LogP contribution in [0, 0.1) is 6.92 Å². The molecule has 1 aromatic carbocycles. The third-order valence-electron chi connectivity index (χ3n) is 2.62. The van der Waals surface area contributed by atoms with Crippen LogP contribution < -0.4 is 5.32 Å². The van der Waals surface area contributed by atoms with E-state index in [4.69, 9.17) is 10.2 Å². The largest absolute Gasteiger partial charge is 0.478 e. The summed E-state index contributed by atoms with van der Waals surface area (Å²) < 4.78 is 0. The van der Waals surface area contributed by atoms with Gasteiger partial charge in [0.25, 0.3) is 0 Å². The fourth-order valence-corrected chi connectivity index (χ4v) is 1.66. The molecule has 17 heavy (non-hydrogen) atoms. The van der Waals surface area contributed by atoms with Crippen LogP contribution >= 0.6 is 0 Å². The standard InChI is InChI=1S/C13H19NO3/c1-10-9-11(5-6-12(10)13(16)17)14-7-3-2-4-8-15/h5-6,9,14-15H,2-4,7-8H2,1H3,(H,16,17). The summed E-state index contributed by atoms with van der Waals surface area (Å²) in [4.78, 5) is 10.8. The number of aryl methyl sites for hydroxylation is 1. The lowest BCUT2D eigenvalue weighted by atomic mass is 10.1. The number of hydrogen-bond acceptors (Lipinski definition) is 3. The van der Waals surface area contributed by atoms with Gasteiger partial charge in [0.15, 0.2) is 0 Å². The monoisotopic (exact) mass is 237 g/mol. The molecule has 0 bridgehead atoms. The zero-order chi connectivity index (χ0) is 12.7. The molecule has 0 spiro atoms. The number of unbranched alkanes of at least 4 members (excludes halogenated alkanes) is 2. The number of carboxylic acids is 1. The lowest BCUT2D eigenvalue weighted by Crippen LogP contribution is -2.04. The summed E-state index contributed by atoms with van der Waals surface area (Å²) in [7, 11) is 0. The molecule has 1 rings (SSSR count). The Morgan fingerprint density at radius 3 is 2.65 bits per heavy atom. The van der Waals surface area contributed by atoms with Crippen molar-refractivity contribution in [2.24, 2.45) is 0 Å². The van der Waals surface area contributed by atoms with Crippen LogP contribution in [0.4, 0.5) is 5.69 Å². The summed E-state index contributed by atoms with van der Waals surface area (Å²) in [6.07, 6.45) is 2.83. The van der Waals surface area contributed by atoms with Crippen LogP contribution in [0.2, 0.25) is 0 Å². The highest BCUT2D eigenvalue weighted by molar-refractivity contribution is 5.89. The average Bonchev–Trinajstić information content (AvgIpc) is 2.28. The number of benzene rings is 1. The first kappa shape index (κ1) is 13.5. The van der Waals surface area contributed by atoms with Crippen molar-refractivity contribution in [1.29, 1.82) is 0 Å². The van der Waals surface area contributed by atoms with Crippen LogP contribution in [0.1, 0.15) is 35.2 Å². The molecule has 4 heteroatoms. The molecule has 0 amide bonds. The molecule has 3 N–H and O–H groups in total. The molecule has 0 aliphatic heterocycles. The van der Waals surface area contributed by atoms with Gasteiger partial charge in [-0.2, -0.15) is 0 Å². The van der Waals surface area contributed by atoms with Crippen molar-refractivity contribution in [2.75, 3.05) is 18.5 Å². The maximum Gasteiger partial charge on any atom is 0.335 e. The van der Waals surface area contributed by atoms with Crippen molar-refractivity contribution >= 4 is 11.7 Å². The van der Waals surface area contributed by atoms with Gasteiger partial charge in [-0.1, -0.05) is 0 Å². The summed E-state index contributed by atoms with van der Waals surface area (Å²) in [5, 5.41) is 20.7. The van der Waals surface area contributed by atoms with E-state index in [0.29, 0.717) is 5.56 Å². The first-order chi connectivity index (χ1) is 8.15. The molecule has 0 aromatic heterocycles. The molecule has 4 nitrogen and oxygen atoms in total. The van der Waals surface area contributed by atoms with Gasteiger partial charge in [-0.15, -0.1) is 0 Å². The number of carboxylic acid groups (broad SMARTS) is 1. The van der Waals surface area contributed by atoms with E-state index in [1.165, 1.54) is 0 Å². The third-order valence-corrected chi connectivity index (χ3v) is 2.62. The molecule has 0 atom stereocenters. The first-order valence-electron chi connectivity index (χ1n) is 5.84. The maximum absolute atomic E-state index is 10.8. The number of aliphatic hydroxyl groups excluding tert-OH is 1. The molecule has 0 saturated heterocycles. The summed E-state index contributed by atoms with van der Waals surface area (Å²) in [6, 6.07) is 5.24. The lowest BCUT2D eigenvalue weighted by Gasteiger charge is -2.08. The van der Waals surface area contributed by atoms with Crippen LogP contribution in [0.3, 0.4) is 0 Å². The minimum atomic E-state index is -0.892. The van der Waals surface area contributed by atoms with Crippen molar-refractivity contribution in [3.8, 4) is 0 Å². The molecule has 0 unspecified atom stereocenters. The number of aliphatic hydroxyl groups is 1. The fraction of sp³-hybridized carbons (Fsp3) is 0.462. The van der Waals surface area contributed by atoms with Gasteiger partial charge in [-0.05, 0) is 49.9 Å². The van der Waals surface area contributed by atoms with Gasteiger partial charge in [-0.25, -0.2) is 4.79 Å². The first-order valence-corrected chi connectivity index (χ1v) is 5.84. The number of carbonyl (C=O) groups is 1. The van der Waals surface area contributed by atoms with Gasteiger partial charge >= 0.3 is 5.97 Å². The molecule has 1 aromatic rings. The molecule has 0 heterocycles. The molecule has 0 radical (unpaired) electrons. The Hall–Kier alpha value is -1.55. The number of nitrogens with one attached hydrogen (secondary N) is 1. The van der Waals surface area contributed by atoms with E-state index in [1.807, 2.05) is 6.07 Å². The van der Waals surface area contributed by atoms with Crippen molar-refractivity contribution in [1.82, 2.24) is 0 Å². The molecule has 0 fully saturated rings. The Morgan fingerprint density at radius 2 is 2.06 bits per heavy atom. The Kier molecular flexibility index (Phi) is 5.49. The fourth-order valence-electron chi connectivity index (χ4n) is 1.66. The van der Waals surface area contributed by atoms with Crippen molar-refractivity contribution in [2.45, 2.75) is 26.2 Å². The molecule has 0 aliphatic carbocycles. The Bertz CT molecular complexity index is 377. The van der Waals surface area contributed by atoms with Gasteiger partial charge in [0, 0.05) is 18.8 Å². The van der Waals surface area contributed by atoms with Crippen molar-refractivity contribution < 1.29 is 15.0 Å². The van der Waals surface area contributed by atoms with Crippen molar-refractivity contribution in [3.63, 3.8) is 0 Å². The summed E-state index contributed by atoms with van der Waals surface area (Å²) in [5.41, 5.74) is 2.05. The zero-order valence-corrected chi connectivity index (χ0v) is 10.1. The molecule has 94 valence electrons. The Balaban J connectivity index is 2.45. The van der Waals surface area contributed by atoms with E-state index < -0.39 is 5.97 Å². The van der Waals surface area contributed by atoms with Crippen LogP contribution in [0.5, 0.6) is 0 Å². The molecule has 0 aliphatic rings. The normalized spacial score (nSPS) is 10.2. The van der Waals surface area contributed by atoms with Gasteiger partial charge in [-0.3, -0.25) is 0 Å². The van der Waals surface area contributed by atoms with Gasteiger partial charge in [0.1, 0.15) is 0 Å². The summed E-state index contributed by atoms with van der Waals surface area (Å²) in [6.45, 7) is 2.87. The van der Waals surface area contributed by atoms with E-state index in [-0.39, 0.29) is 6.61 Å². The predicted molar refractivity (Wildman–Crippen MR) is 67.6 cm³/mol. The topological polar surface area (TPSA) is 69.6 Å². The van der Waals surface area contributed by atoms with Gasteiger partial charge < -0.3 is 15.5 Å². The predicted octanol–water partition coefficient (Wildman–Crippen LogP) is 2.27. The average molecular weight is 237 g/mol. The van der Waals surface area contributed by atoms with Crippen molar-refractivity contribution in [3.05, 3.63) is 29.3 Å². The third kappa shape index (κ3) is 4.44. The summed E-state index contributed by atoms with van der Waals surface area (Å²) >= 11 is 0. The van der Waals surface area contributed by atoms with E-state index >= 15 is 0 Å². The Labute approximate surface area is 101 Å². The van der Waals surface area contributed by atoms with Gasteiger partial charge in [0.2, 0.25) is 0 Å². The summed E-state index contributed by atoms with van der Waals surface area (Å²) in [5.74, 6) is -0.892. The van der Waals surface area contributed by atoms with Crippen LogP contribution in [0.15, 0.2) is 18.2 Å². The van der Waals surface area contributed by atoms with Crippen LogP contribution in [-0.4, -0.2) is 29.3 Å². The maximum atomic E-state index is 10.8. The second kappa shape index (κ2) is 6.91. The smallest absolute Gasteiger partial charge is 0.335 e. The van der Waals surface area contributed by atoms with Crippen LogP contribution in [-0.2, 0) is 0 Å². The van der Waals surface area contributed by atoms with E-state index in [1.54, 1.807) is 19.1 Å². The quantitative estimate of drug-likeness (QED) is 0.636. The number of aromatic carboxylic acids is 1. The second-order valence-electron chi connectivity index (χ2n) is 4.05. The second-order valence-corrected chi connectivity index (χ2v) is 4.05. The SMILES string of the molecule is Cc1cc(NCCCCCO)ccc1C(=O)O. The van der Waals surface area contributed by atoms with Crippen LogP contribution in [0.25, 0.3) is 0 Å². The minimum Gasteiger partial charge on any atom is -0.478 e. The molecular weight excluding hydrogens is 218 g/mol. The zero-order valence-electron chi connectivity index (χ0n) is 10.1. The minimum absolute atomic E-state index is 0.242. The lowest BCUT2D eigenvalue weighted by molar-refractivity contribution is 0.0696. The van der Waals surface area contributed by atoms with Gasteiger partial charge in [0.05, 0.1) is 5.56 Å². The Morgan fingerprint density at radius 1 is 1.29 bits per heavy atom. The van der Waals surface area contributed by atoms with E-state index in [9.17, 15) is 4.79 Å². The number of hydrogen-bond donors (Lipinski definition) is 3. The number of anilines is 1. The highest BCUT2D eigenvalue weighted by Gasteiger charge is 2.06.